The van der Waals surface area contributed by atoms with Crippen molar-refractivity contribution in [1.29, 1.82) is 0 Å². The summed E-state index contributed by atoms with van der Waals surface area (Å²) in [5, 5.41) is 5.45. The van der Waals surface area contributed by atoms with E-state index in [2.05, 4.69) is 15.2 Å². The first kappa shape index (κ1) is 7.43. The van der Waals surface area contributed by atoms with Gasteiger partial charge in [-0.15, -0.1) is 0 Å². The summed E-state index contributed by atoms with van der Waals surface area (Å²) in [5.74, 6) is 0.742. The molecule has 0 saturated heterocycles. The summed E-state index contributed by atoms with van der Waals surface area (Å²) < 4.78 is 5.54. The van der Waals surface area contributed by atoms with Crippen LogP contribution in [0.15, 0.2) is 0 Å². The Balaban J connectivity index is 2.50. The highest BCUT2D eigenvalue weighted by Gasteiger charge is 1.92. The summed E-state index contributed by atoms with van der Waals surface area (Å²) in [4.78, 5) is 3.93. The number of nitrogens with one attached hydrogen (secondary N) is 2. The van der Waals surface area contributed by atoms with Crippen molar-refractivity contribution >= 4 is 12.2 Å². The Hall–Kier alpha value is -0.680. The Labute approximate surface area is 63.6 Å². The molecule has 0 radical (unpaired) electrons. The SMILES string of the molecule is CCOCc1nc(=S)[nH][nH]1. The highest BCUT2D eigenvalue weighted by Crippen LogP contribution is 1.89. The molecule has 0 amide bonds. The van der Waals surface area contributed by atoms with Crippen LogP contribution >= 0.6 is 12.2 Å². The van der Waals surface area contributed by atoms with Gasteiger partial charge in [0.15, 0.2) is 0 Å². The molecule has 1 rings (SSSR count). The normalized spacial score (nSPS) is 10.1. The van der Waals surface area contributed by atoms with Gasteiger partial charge in [-0.2, -0.15) is 0 Å². The summed E-state index contributed by atoms with van der Waals surface area (Å²) in [6, 6.07) is 0. The monoisotopic (exact) mass is 159 g/mol. The molecule has 0 bridgehead atoms. The summed E-state index contributed by atoms with van der Waals surface area (Å²) in [6.07, 6.45) is 0. The molecule has 1 aromatic rings. The zero-order chi connectivity index (χ0) is 7.40. The van der Waals surface area contributed by atoms with E-state index in [-0.39, 0.29) is 0 Å². The second-order valence-corrected chi connectivity index (χ2v) is 2.14. The van der Waals surface area contributed by atoms with Gasteiger partial charge in [0.05, 0.1) is 0 Å². The Morgan fingerprint density at radius 1 is 1.60 bits per heavy atom. The maximum atomic E-state index is 5.07. The summed E-state index contributed by atoms with van der Waals surface area (Å²) in [7, 11) is 0. The van der Waals surface area contributed by atoms with Crippen LogP contribution in [0.3, 0.4) is 0 Å². The van der Waals surface area contributed by atoms with Gasteiger partial charge >= 0.3 is 0 Å². The third-order valence-electron chi connectivity index (χ3n) is 0.993. The highest BCUT2D eigenvalue weighted by molar-refractivity contribution is 7.71. The summed E-state index contributed by atoms with van der Waals surface area (Å²) in [5.41, 5.74) is 0. The predicted molar refractivity (Wildman–Crippen MR) is 39.1 cm³/mol. The molecule has 56 valence electrons. The lowest BCUT2D eigenvalue weighted by molar-refractivity contribution is 0.128. The van der Waals surface area contributed by atoms with Crippen molar-refractivity contribution < 1.29 is 4.74 Å². The van der Waals surface area contributed by atoms with Gasteiger partial charge in [0.25, 0.3) is 0 Å². The Morgan fingerprint density at radius 2 is 2.40 bits per heavy atom. The van der Waals surface area contributed by atoms with E-state index >= 15 is 0 Å². The smallest absolute Gasteiger partial charge is 0.213 e. The average Bonchev–Trinajstić information content (AvgIpc) is 2.31. The molecule has 1 aromatic heterocycles. The maximum Gasteiger partial charge on any atom is 0.213 e. The van der Waals surface area contributed by atoms with Crippen molar-refractivity contribution in [3.8, 4) is 0 Å². The van der Waals surface area contributed by atoms with Crippen molar-refractivity contribution in [2.24, 2.45) is 0 Å². The minimum atomic E-state index is 0.467. The molecule has 0 aliphatic carbocycles. The van der Waals surface area contributed by atoms with Crippen molar-refractivity contribution in [3.63, 3.8) is 0 Å². The quantitative estimate of drug-likeness (QED) is 0.647. The Morgan fingerprint density at radius 3 is 2.90 bits per heavy atom. The zero-order valence-electron chi connectivity index (χ0n) is 5.68. The van der Waals surface area contributed by atoms with Gasteiger partial charge in [-0.25, -0.2) is 4.98 Å². The van der Waals surface area contributed by atoms with E-state index in [9.17, 15) is 0 Å². The topological polar surface area (TPSA) is 53.7 Å². The lowest BCUT2D eigenvalue weighted by Crippen LogP contribution is -1.93. The molecule has 0 aliphatic rings. The van der Waals surface area contributed by atoms with Crippen LogP contribution in [-0.4, -0.2) is 21.8 Å². The van der Waals surface area contributed by atoms with Crippen molar-refractivity contribution in [2.45, 2.75) is 13.5 Å². The molecule has 1 heterocycles. The summed E-state index contributed by atoms with van der Waals surface area (Å²) >= 11 is 4.73. The highest BCUT2D eigenvalue weighted by atomic mass is 32.1. The molecular formula is C5H9N3OS. The van der Waals surface area contributed by atoms with Crippen LogP contribution in [0.1, 0.15) is 12.7 Å². The number of aromatic nitrogens is 3. The van der Waals surface area contributed by atoms with Crippen molar-refractivity contribution in [3.05, 3.63) is 10.6 Å². The van der Waals surface area contributed by atoms with Crippen LogP contribution in [0.25, 0.3) is 0 Å². The number of rotatable bonds is 3. The van der Waals surface area contributed by atoms with Crippen LogP contribution in [0.2, 0.25) is 0 Å². The minimum absolute atomic E-state index is 0.467. The fraction of sp³-hybridized carbons (Fsp3) is 0.600. The standard InChI is InChI=1S/C5H9N3OS/c1-2-9-3-4-6-5(10)8-7-4/h2-3H2,1H3,(H2,6,7,8,10). The molecular weight excluding hydrogens is 150 g/mol. The molecule has 0 aliphatic heterocycles. The third kappa shape index (κ3) is 1.93. The van der Waals surface area contributed by atoms with E-state index in [0.717, 1.165) is 5.82 Å². The fourth-order valence-electron chi connectivity index (χ4n) is 0.571. The van der Waals surface area contributed by atoms with E-state index in [0.29, 0.717) is 18.0 Å². The van der Waals surface area contributed by atoms with Gasteiger partial charge in [-0.1, -0.05) is 0 Å². The first-order valence-electron chi connectivity index (χ1n) is 3.04. The molecule has 4 nitrogen and oxygen atoms in total. The van der Waals surface area contributed by atoms with Crippen LogP contribution in [0.5, 0.6) is 0 Å². The third-order valence-corrected chi connectivity index (χ3v) is 1.19. The predicted octanol–water partition coefficient (Wildman–Crippen LogP) is 1.00. The molecule has 0 aromatic carbocycles. The number of nitrogens with zero attached hydrogens (tertiary/aromatic N) is 1. The molecule has 10 heavy (non-hydrogen) atoms. The second kappa shape index (κ2) is 3.48. The minimum Gasteiger partial charge on any atom is -0.374 e. The molecule has 0 saturated carbocycles. The molecule has 0 spiro atoms. The second-order valence-electron chi connectivity index (χ2n) is 1.75. The Kier molecular flexibility index (Phi) is 2.58. The van der Waals surface area contributed by atoms with Crippen LogP contribution < -0.4 is 0 Å². The molecule has 0 unspecified atom stereocenters. The summed E-state index contributed by atoms with van der Waals surface area (Å²) in [6.45, 7) is 3.11. The van der Waals surface area contributed by atoms with Gasteiger partial charge in [0.1, 0.15) is 12.4 Å². The number of hydrogen-bond donors (Lipinski definition) is 2. The lowest BCUT2D eigenvalue weighted by Gasteiger charge is -1.93. The average molecular weight is 159 g/mol. The molecule has 2 N–H and O–H groups in total. The first-order chi connectivity index (χ1) is 4.83. The van der Waals surface area contributed by atoms with Crippen LogP contribution in [-0.2, 0) is 11.3 Å². The van der Waals surface area contributed by atoms with Gasteiger partial charge in [-0.05, 0) is 19.1 Å². The molecule has 0 atom stereocenters. The van der Waals surface area contributed by atoms with Gasteiger partial charge < -0.3 is 4.74 Å². The number of ether oxygens (including phenoxy) is 1. The van der Waals surface area contributed by atoms with Crippen molar-refractivity contribution in [1.82, 2.24) is 15.2 Å². The maximum absolute atomic E-state index is 5.07. The Bertz CT molecular complexity index is 241. The van der Waals surface area contributed by atoms with E-state index in [1.807, 2.05) is 6.92 Å². The fourth-order valence-corrected chi connectivity index (χ4v) is 0.732. The number of aromatic amines is 2. The van der Waals surface area contributed by atoms with Gasteiger partial charge in [0.2, 0.25) is 4.77 Å². The van der Waals surface area contributed by atoms with Crippen LogP contribution in [0, 0.1) is 4.77 Å². The number of hydrogen-bond acceptors (Lipinski definition) is 3. The van der Waals surface area contributed by atoms with Gasteiger partial charge in [-0.3, -0.25) is 10.2 Å². The van der Waals surface area contributed by atoms with E-state index < -0.39 is 0 Å². The van der Waals surface area contributed by atoms with E-state index in [4.69, 9.17) is 17.0 Å². The van der Waals surface area contributed by atoms with Crippen LogP contribution in [0.4, 0.5) is 0 Å². The lowest BCUT2D eigenvalue weighted by atomic mass is 10.7. The molecule has 5 heteroatoms. The van der Waals surface area contributed by atoms with Gasteiger partial charge in [0, 0.05) is 6.61 Å². The van der Waals surface area contributed by atoms with Crippen molar-refractivity contribution in [2.75, 3.05) is 6.61 Å². The largest absolute Gasteiger partial charge is 0.374 e. The zero-order valence-corrected chi connectivity index (χ0v) is 6.49. The molecule has 0 fully saturated rings. The van der Waals surface area contributed by atoms with E-state index in [1.165, 1.54) is 0 Å². The number of H-pyrrole nitrogens is 2. The van der Waals surface area contributed by atoms with E-state index in [1.54, 1.807) is 0 Å². The first-order valence-corrected chi connectivity index (χ1v) is 3.45.